The van der Waals surface area contributed by atoms with E-state index in [0.29, 0.717) is 5.82 Å². The van der Waals surface area contributed by atoms with E-state index >= 15 is 0 Å². The van der Waals surface area contributed by atoms with Gasteiger partial charge in [-0.2, -0.15) is 0 Å². The number of aromatic nitrogens is 2. The van der Waals surface area contributed by atoms with Crippen molar-refractivity contribution in [3.63, 3.8) is 0 Å². The highest BCUT2D eigenvalue weighted by Gasteiger charge is 2.20. The first kappa shape index (κ1) is 18.0. The molecule has 0 saturated heterocycles. The van der Waals surface area contributed by atoms with E-state index in [1.807, 2.05) is 5.32 Å². The summed E-state index contributed by atoms with van der Waals surface area (Å²) in [6, 6.07) is 4.40. The Morgan fingerprint density at radius 1 is 1.29 bits per heavy atom. The molecule has 0 aliphatic heterocycles. The smallest absolute Gasteiger partial charge is 0.255 e. The second kappa shape index (κ2) is 7.49. The molecule has 1 heterocycles. The van der Waals surface area contributed by atoms with Crippen LogP contribution in [0.15, 0.2) is 41.6 Å². The molecule has 10 heteroatoms. The molecule has 2 rings (SSSR count). The summed E-state index contributed by atoms with van der Waals surface area (Å²) in [5.41, 5.74) is 0.0914. The van der Waals surface area contributed by atoms with Crippen LogP contribution < -0.4 is 10.0 Å². The third kappa shape index (κ3) is 4.59. The summed E-state index contributed by atoms with van der Waals surface area (Å²) < 4.78 is 51.1. The van der Waals surface area contributed by atoms with E-state index in [1.54, 1.807) is 13.1 Å². The first-order chi connectivity index (χ1) is 11.3. The van der Waals surface area contributed by atoms with Crippen LogP contribution in [0.5, 0.6) is 0 Å². The molecule has 1 atom stereocenters. The molecule has 0 aliphatic rings. The largest absolute Gasteiger partial charge is 0.347 e. The Bertz CT molecular complexity index is 777. The van der Waals surface area contributed by atoms with Gasteiger partial charge < -0.3 is 10.3 Å². The Labute approximate surface area is 137 Å². The predicted octanol–water partition coefficient (Wildman–Crippen LogP) is 1.44. The van der Waals surface area contributed by atoms with Crippen molar-refractivity contribution in [1.29, 1.82) is 0 Å². The van der Waals surface area contributed by atoms with Gasteiger partial charge in [0, 0.05) is 18.0 Å². The van der Waals surface area contributed by atoms with Crippen molar-refractivity contribution in [3.05, 3.63) is 48.0 Å². The number of carbonyl (C=O) groups is 1. The maximum absolute atomic E-state index is 12.3. The molecule has 2 aromatic rings. The molecule has 130 valence electrons. The average molecular weight is 358 g/mol. The molecule has 1 aromatic carbocycles. The molecule has 1 aromatic heterocycles. The third-order valence-corrected chi connectivity index (χ3v) is 4.66. The summed E-state index contributed by atoms with van der Waals surface area (Å²) in [4.78, 5) is 18.3. The molecule has 24 heavy (non-hydrogen) atoms. The van der Waals surface area contributed by atoms with Gasteiger partial charge in [-0.25, -0.2) is 26.9 Å². The first-order valence-electron chi connectivity index (χ1n) is 6.97. The molecule has 0 aliphatic carbocycles. The number of benzene rings is 1. The fraction of sp³-hybridized carbons (Fsp3) is 0.286. The number of hydrogen-bond acceptors (Lipinski definition) is 4. The minimum absolute atomic E-state index is 0.0497. The van der Waals surface area contributed by atoms with Gasteiger partial charge in [-0.3, -0.25) is 4.79 Å². The summed E-state index contributed by atoms with van der Waals surface area (Å²) in [6.45, 7) is 0.865. The maximum Gasteiger partial charge on any atom is 0.255 e. The van der Waals surface area contributed by atoms with E-state index in [1.165, 1.54) is 30.5 Å². The number of nitrogens with zero attached hydrogens (tertiary/aromatic N) is 1. The summed E-state index contributed by atoms with van der Waals surface area (Å²) in [6.07, 6.45) is 0.431. The number of H-pyrrole nitrogens is 1. The van der Waals surface area contributed by atoms with Crippen molar-refractivity contribution >= 4 is 15.9 Å². The van der Waals surface area contributed by atoms with Crippen molar-refractivity contribution in [2.24, 2.45) is 0 Å². The lowest BCUT2D eigenvalue weighted by molar-refractivity contribution is 0.0891. The summed E-state index contributed by atoms with van der Waals surface area (Å²) in [5.74, 6) is -0.238. The zero-order valence-corrected chi connectivity index (χ0v) is 13.5. The fourth-order valence-electron chi connectivity index (χ4n) is 1.93. The Morgan fingerprint density at radius 3 is 2.50 bits per heavy atom. The van der Waals surface area contributed by atoms with Gasteiger partial charge in [-0.15, -0.1) is 0 Å². The monoisotopic (exact) mass is 358 g/mol. The van der Waals surface area contributed by atoms with Crippen LogP contribution in [0.1, 0.15) is 29.1 Å². The minimum Gasteiger partial charge on any atom is -0.347 e. The molecule has 0 saturated carbocycles. The number of hydrogen-bond donors (Lipinski definition) is 3. The number of alkyl halides is 2. The van der Waals surface area contributed by atoms with Crippen molar-refractivity contribution < 1.29 is 22.0 Å². The van der Waals surface area contributed by atoms with Crippen LogP contribution in [-0.4, -0.2) is 37.3 Å². The van der Waals surface area contributed by atoms with E-state index in [9.17, 15) is 22.0 Å². The van der Waals surface area contributed by atoms with Crippen LogP contribution in [0, 0.1) is 0 Å². The highest BCUT2D eigenvalue weighted by Crippen LogP contribution is 2.15. The van der Waals surface area contributed by atoms with Crippen molar-refractivity contribution in [2.75, 3.05) is 6.54 Å². The number of rotatable bonds is 7. The summed E-state index contributed by atoms with van der Waals surface area (Å²) in [7, 11) is -3.82. The highest BCUT2D eigenvalue weighted by molar-refractivity contribution is 7.89. The molecule has 7 nitrogen and oxygen atoms in total. The van der Waals surface area contributed by atoms with Gasteiger partial charge in [0.15, 0.2) is 0 Å². The Kier molecular flexibility index (Phi) is 5.62. The number of nitrogens with one attached hydrogen (secondary N) is 3. The van der Waals surface area contributed by atoms with Crippen molar-refractivity contribution in [2.45, 2.75) is 24.3 Å². The van der Waals surface area contributed by atoms with Gasteiger partial charge in [0.1, 0.15) is 5.82 Å². The second-order valence-electron chi connectivity index (χ2n) is 4.94. The lowest BCUT2D eigenvalue weighted by atomic mass is 10.2. The fourth-order valence-corrected chi connectivity index (χ4v) is 3.14. The third-order valence-electron chi connectivity index (χ3n) is 3.11. The first-order valence-corrected chi connectivity index (χ1v) is 8.46. The van der Waals surface area contributed by atoms with Gasteiger partial charge in [0.25, 0.3) is 12.3 Å². The molecular weight excluding hydrogens is 342 g/mol. The minimum atomic E-state index is -3.82. The molecule has 3 N–H and O–H groups in total. The normalized spacial score (nSPS) is 13.0. The summed E-state index contributed by atoms with van der Waals surface area (Å²) >= 11 is 0. The quantitative estimate of drug-likeness (QED) is 0.697. The van der Waals surface area contributed by atoms with Gasteiger partial charge in [-0.1, -0.05) is 0 Å². The molecule has 1 amide bonds. The molecule has 0 fully saturated rings. The zero-order valence-electron chi connectivity index (χ0n) is 12.7. The molecule has 0 bridgehead atoms. The maximum atomic E-state index is 12.3. The standard InChI is InChI=1S/C14H16F2N4O3S/c1-9(13-17-6-7-18-13)20-24(22,23)11-4-2-10(3-5-11)14(21)19-8-12(15)16/h2-7,9,12,20H,8H2,1H3,(H,17,18)(H,19,21). The Balaban J connectivity index is 2.07. The topological polar surface area (TPSA) is 104 Å². The van der Waals surface area contributed by atoms with Crippen LogP contribution >= 0.6 is 0 Å². The lowest BCUT2D eigenvalue weighted by Gasteiger charge is -2.12. The van der Waals surface area contributed by atoms with E-state index < -0.39 is 34.9 Å². The predicted molar refractivity (Wildman–Crippen MR) is 82.1 cm³/mol. The number of sulfonamides is 1. The SMILES string of the molecule is CC(NS(=O)(=O)c1ccc(C(=O)NCC(F)F)cc1)c1ncc[nH]1. The van der Waals surface area contributed by atoms with Crippen LogP contribution in [-0.2, 0) is 10.0 Å². The average Bonchev–Trinajstić information content (AvgIpc) is 3.07. The van der Waals surface area contributed by atoms with E-state index in [0.717, 1.165) is 0 Å². The van der Waals surface area contributed by atoms with Gasteiger partial charge >= 0.3 is 0 Å². The number of aromatic amines is 1. The van der Waals surface area contributed by atoms with Gasteiger partial charge in [0.2, 0.25) is 10.0 Å². The molecule has 1 unspecified atom stereocenters. The van der Waals surface area contributed by atoms with Crippen molar-refractivity contribution in [1.82, 2.24) is 20.0 Å². The van der Waals surface area contributed by atoms with Gasteiger partial charge in [-0.05, 0) is 31.2 Å². The van der Waals surface area contributed by atoms with Gasteiger partial charge in [0.05, 0.1) is 17.5 Å². The number of amides is 1. The van der Waals surface area contributed by atoms with Crippen molar-refractivity contribution in [3.8, 4) is 0 Å². The highest BCUT2D eigenvalue weighted by atomic mass is 32.2. The van der Waals surface area contributed by atoms with Crippen LogP contribution in [0.25, 0.3) is 0 Å². The van der Waals surface area contributed by atoms with E-state index in [2.05, 4.69) is 14.7 Å². The van der Waals surface area contributed by atoms with Crippen LogP contribution in [0.4, 0.5) is 8.78 Å². The molecule has 0 spiro atoms. The number of imidazole rings is 1. The molecule has 0 radical (unpaired) electrons. The van der Waals surface area contributed by atoms with Crippen LogP contribution in [0.2, 0.25) is 0 Å². The van der Waals surface area contributed by atoms with Crippen LogP contribution in [0.3, 0.4) is 0 Å². The zero-order chi connectivity index (χ0) is 17.7. The van der Waals surface area contributed by atoms with E-state index in [-0.39, 0.29) is 10.5 Å². The Morgan fingerprint density at radius 2 is 1.96 bits per heavy atom. The second-order valence-corrected chi connectivity index (χ2v) is 6.66. The number of carbonyl (C=O) groups excluding carboxylic acids is 1. The number of halogens is 2. The Hall–Kier alpha value is -2.33. The summed E-state index contributed by atoms with van der Waals surface area (Å²) in [5, 5.41) is 2.04. The van der Waals surface area contributed by atoms with E-state index in [4.69, 9.17) is 0 Å². The lowest BCUT2D eigenvalue weighted by Crippen LogP contribution is -2.29. The molecular formula is C14H16F2N4O3S.